The Kier molecular flexibility index (Phi) is 6.73. The lowest BCUT2D eigenvalue weighted by atomic mass is 10.1. The Bertz CT molecular complexity index is 792. The summed E-state index contributed by atoms with van der Waals surface area (Å²) >= 11 is 8.72. The summed E-state index contributed by atoms with van der Waals surface area (Å²) in [4.78, 5) is 18.8. The van der Waals surface area contributed by atoms with Crippen LogP contribution in [0.1, 0.15) is 10.4 Å². The second-order valence-corrected chi connectivity index (χ2v) is 7.97. The van der Waals surface area contributed by atoms with Gasteiger partial charge < -0.3 is 9.80 Å². The number of anilines is 3. The molecule has 9 heteroatoms. The molecule has 0 aliphatic carbocycles. The molecule has 1 heterocycles. The molecule has 0 saturated carbocycles. The first-order valence-corrected chi connectivity index (χ1v) is 9.91. The molecule has 0 bridgehead atoms. The number of nitrogens with zero attached hydrogens (tertiary/aromatic N) is 4. The normalized spacial score (nSPS) is 15.0. The second kappa shape index (κ2) is 9.06. The number of hydrogen-bond acceptors (Lipinski definition) is 8. The average Bonchev–Trinajstić information content (AvgIpc) is 2.73. The smallest absolute Gasteiger partial charge is 0.258 e. The molecule has 0 aromatic heterocycles. The molecule has 0 unspecified atom stereocenters. The Balaban J connectivity index is 1.65. The summed E-state index contributed by atoms with van der Waals surface area (Å²) in [7, 11) is 1.69. The van der Waals surface area contributed by atoms with Crippen molar-refractivity contribution in [3.8, 4) is 0 Å². The highest BCUT2D eigenvalue weighted by Gasteiger charge is 2.20. The van der Waals surface area contributed by atoms with Crippen molar-refractivity contribution in [1.82, 2.24) is 4.90 Å². The van der Waals surface area contributed by atoms with Gasteiger partial charge in [-0.05, 0) is 48.5 Å². The van der Waals surface area contributed by atoms with Crippen LogP contribution in [0.5, 0.6) is 0 Å². The van der Waals surface area contributed by atoms with Gasteiger partial charge in [0.25, 0.3) is 5.91 Å². The number of rotatable bonds is 5. The van der Waals surface area contributed by atoms with Crippen molar-refractivity contribution < 1.29 is 15.2 Å². The third-order valence-corrected chi connectivity index (χ3v) is 5.55. The highest BCUT2D eigenvalue weighted by Crippen LogP contribution is 2.23. The molecule has 2 aromatic rings. The summed E-state index contributed by atoms with van der Waals surface area (Å²) in [5, 5.41) is 18.1. The lowest BCUT2D eigenvalue weighted by Crippen LogP contribution is -2.47. The third kappa shape index (κ3) is 4.73. The van der Waals surface area contributed by atoms with E-state index >= 15 is 0 Å². The summed E-state index contributed by atoms with van der Waals surface area (Å²) in [6.07, 6.45) is 0. The maximum atomic E-state index is 12.7. The summed E-state index contributed by atoms with van der Waals surface area (Å²) in [6, 6.07) is 13.9. The summed E-state index contributed by atoms with van der Waals surface area (Å²) in [6.45, 7) is 3.58. The number of piperazine rings is 1. The highest BCUT2D eigenvalue weighted by molar-refractivity contribution is 7.99. The molecule has 2 aromatic carbocycles. The lowest BCUT2D eigenvalue weighted by Gasteiger charge is -2.37. The second-order valence-electron chi connectivity index (χ2n) is 6.59. The molecule has 3 rings (SSSR count). The maximum Gasteiger partial charge on any atom is 0.258 e. The van der Waals surface area contributed by atoms with Gasteiger partial charge in [0.15, 0.2) is 0 Å². The first-order chi connectivity index (χ1) is 13.4. The van der Waals surface area contributed by atoms with Gasteiger partial charge in [0, 0.05) is 50.2 Å². The van der Waals surface area contributed by atoms with E-state index in [1.54, 1.807) is 19.2 Å². The largest absolute Gasteiger partial charge is 0.369 e. The molecule has 1 saturated heterocycles. The van der Waals surface area contributed by atoms with E-state index in [9.17, 15) is 4.79 Å². The van der Waals surface area contributed by atoms with Crippen molar-refractivity contribution in [1.29, 1.82) is 0 Å². The number of benzene rings is 2. The fourth-order valence-corrected chi connectivity index (χ4v) is 3.61. The first kappa shape index (κ1) is 20.8. The van der Waals surface area contributed by atoms with Gasteiger partial charge in [0.05, 0.1) is 10.4 Å². The van der Waals surface area contributed by atoms with Gasteiger partial charge in [0.2, 0.25) is 0 Å². The molecule has 0 spiro atoms. The SMILES string of the molecule is CN(C(=O)c1ccc(N2CCN(C(S)S)CC2)cc1)c1ccc(N(O)O)cc1. The zero-order valence-corrected chi connectivity index (χ0v) is 17.3. The van der Waals surface area contributed by atoms with Crippen LogP contribution in [-0.4, -0.2) is 59.2 Å². The van der Waals surface area contributed by atoms with E-state index in [1.165, 1.54) is 17.0 Å². The van der Waals surface area contributed by atoms with Crippen molar-refractivity contribution in [2.24, 2.45) is 0 Å². The van der Waals surface area contributed by atoms with Gasteiger partial charge in [-0.25, -0.2) is 0 Å². The standard InChI is InChI=1S/C19H24N4O3S2/c1-20(15-6-8-17(9-7-15)23(25)26)18(24)14-2-4-16(5-3-14)21-10-12-22(13-11-21)19(27)28/h2-9,19,25-28H,10-13H2,1H3. The first-order valence-electron chi connectivity index (χ1n) is 8.88. The number of hydrogen-bond donors (Lipinski definition) is 4. The summed E-state index contributed by atoms with van der Waals surface area (Å²) < 4.78 is -0.0374. The molecule has 1 aliphatic heterocycles. The molecule has 0 radical (unpaired) electrons. The Morgan fingerprint density at radius 3 is 1.96 bits per heavy atom. The number of carbonyl (C=O) groups excluding carboxylic acids is 1. The van der Waals surface area contributed by atoms with Gasteiger partial charge >= 0.3 is 0 Å². The molecule has 1 amide bonds. The molecule has 2 N–H and O–H groups in total. The van der Waals surface area contributed by atoms with Crippen LogP contribution < -0.4 is 15.0 Å². The van der Waals surface area contributed by atoms with E-state index in [4.69, 9.17) is 10.4 Å². The summed E-state index contributed by atoms with van der Waals surface area (Å²) in [5.74, 6) is -0.137. The van der Waals surface area contributed by atoms with Gasteiger partial charge in [-0.3, -0.25) is 20.1 Å². The topological polar surface area (TPSA) is 70.5 Å². The third-order valence-electron chi connectivity index (χ3n) is 4.89. The number of amides is 1. The monoisotopic (exact) mass is 420 g/mol. The van der Waals surface area contributed by atoms with Gasteiger partial charge in [-0.2, -0.15) is 0 Å². The Morgan fingerprint density at radius 1 is 0.929 bits per heavy atom. The van der Waals surface area contributed by atoms with E-state index in [1.807, 2.05) is 24.3 Å². The Labute approximate surface area is 175 Å². The van der Waals surface area contributed by atoms with Crippen LogP contribution in [0.15, 0.2) is 48.5 Å². The Hall–Kier alpha value is -1.91. The minimum atomic E-state index is -0.137. The van der Waals surface area contributed by atoms with Crippen molar-refractivity contribution in [3.63, 3.8) is 0 Å². The molecular weight excluding hydrogens is 396 g/mol. The minimum absolute atomic E-state index is 0.0374. The van der Waals surface area contributed by atoms with Gasteiger partial charge in [0.1, 0.15) is 0 Å². The summed E-state index contributed by atoms with van der Waals surface area (Å²) in [5.41, 5.74) is 2.55. The molecule has 7 nitrogen and oxygen atoms in total. The lowest BCUT2D eigenvalue weighted by molar-refractivity contribution is 0.0291. The predicted octanol–water partition coefficient (Wildman–Crippen LogP) is 2.81. The van der Waals surface area contributed by atoms with E-state index in [-0.39, 0.29) is 21.5 Å². The van der Waals surface area contributed by atoms with Crippen molar-refractivity contribution in [3.05, 3.63) is 54.1 Å². The van der Waals surface area contributed by atoms with Crippen LogP contribution in [0.3, 0.4) is 0 Å². The minimum Gasteiger partial charge on any atom is -0.369 e. The van der Waals surface area contributed by atoms with E-state index in [2.05, 4.69) is 35.1 Å². The molecule has 1 fully saturated rings. The van der Waals surface area contributed by atoms with Crippen LogP contribution in [0.25, 0.3) is 0 Å². The number of thiol groups is 2. The van der Waals surface area contributed by atoms with Crippen LogP contribution >= 0.6 is 25.3 Å². The van der Waals surface area contributed by atoms with E-state index in [0.717, 1.165) is 31.9 Å². The van der Waals surface area contributed by atoms with Crippen LogP contribution in [0.2, 0.25) is 0 Å². The van der Waals surface area contributed by atoms with E-state index in [0.29, 0.717) is 11.3 Å². The predicted molar refractivity (Wildman–Crippen MR) is 117 cm³/mol. The molecule has 0 atom stereocenters. The van der Waals surface area contributed by atoms with Crippen molar-refractivity contribution in [2.75, 3.05) is 48.3 Å². The van der Waals surface area contributed by atoms with Crippen molar-refractivity contribution in [2.45, 2.75) is 4.71 Å². The molecule has 150 valence electrons. The molecular formula is C19H24N4O3S2. The zero-order valence-electron chi connectivity index (χ0n) is 15.5. The zero-order chi connectivity index (χ0) is 20.3. The van der Waals surface area contributed by atoms with Gasteiger partial charge in [-0.1, -0.05) is 0 Å². The highest BCUT2D eigenvalue weighted by atomic mass is 32.2. The Morgan fingerprint density at radius 2 is 1.46 bits per heavy atom. The fraction of sp³-hybridized carbons (Fsp3) is 0.316. The molecule has 28 heavy (non-hydrogen) atoms. The fourth-order valence-electron chi connectivity index (χ4n) is 3.15. The van der Waals surface area contributed by atoms with E-state index < -0.39 is 0 Å². The average molecular weight is 421 g/mol. The van der Waals surface area contributed by atoms with Crippen molar-refractivity contribution >= 4 is 48.2 Å². The van der Waals surface area contributed by atoms with Crippen LogP contribution in [-0.2, 0) is 0 Å². The molecule has 1 aliphatic rings. The maximum absolute atomic E-state index is 12.7. The van der Waals surface area contributed by atoms with Crippen LogP contribution in [0, 0.1) is 0 Å². The quantitative estimate of drug-likeness (QED) is 0.339. The van der Waals surface area contributed by atoms with Crippen LogP contribution in [0.4, 0.5) is 17.1 Å². The van der Waals surface area contributed by atoms with Gasteiger partial charge in [-0.15, -0.1) is 30.5 Å². The number of carbonyl (C=O) groups is 1.